The van der Waals surface area contributed by atoms with Crippen molar-refractivity contribution in [2.75, 3.05) is 30.9 Å². The van der Waals surface area contributed by atoms with Crippen LogP contribution in [0.5, 0.6) is 11.5 Å². The highest BCUT2D eigenvalue weighted by Gasteiger charge is 2.06. The molecule has 0 bridgehead atoms. The molecule has 0 spiro atoms. The number of hydrogen-bond acceptors (Lipinski definition) is 6. The fraction of sp³-hybridized carbons (Fsp3) is 0.238. The zero-order chi connectivity index (χ0) is 18.9. The third-order valence-electron chi connectivity index (χ3n) is 4.07. The highest BCUT2D eigenvalue weighted by atomic mass is 16.5. The molecule has 3 rings (SSSR count). The Hall–Kier alpha value is -3.28. The van der Waals surface area contributed by atoms with Crippen molar-refractivity contribution in [2.45, 2.75) is 13.0 Å². The summed E-state index contributed by atoms with van der Waals surface area (Å²) in [5.74, 6) is 3.15. The van der Waals surface area contributed by atoms with E-state index in [2.05, 4.69) is 39.7 Å². The number of ether oxygens (including phenoxy) is 2. The van der Waals surface area contributed by atoms with Crippen LogP contribution in [0, 0.1) is 0 Å². The molecule has 0 aliphatic rings. The molecular formula is C21H24N4O2. The van der Waals surface area contributed by atoms with Crippen molar-refractivity contribution in [3.63, 3.8) is 0 Å². The Morgan fingerprint density at radius 1 is 0.926 bits per heavy atom. The molecule has 27 heavy (non-hydrogen) atoms. The van der Waals surface area contributed by atoms with Crippen molar-refractivity contribution >= 4 is 11.6 Å². The summed E-state index contributed by atoms with van der Waals surface area (Å²) in [7, 11) is 1.64. The summed E-state index contributed by atoms with van der Waals surface area (Å²) in [5.41, 5.74) is 1.21. The maximum atomic E-state index is 5.70. The van der Waals surface area contributed by atoms with Crippen LogP contribution in [0.4, 0.5) is 11.6 Å². The standard InChI is InChI=1S/C21H24N4O2/c1-16(17-6-4-3-5-7-17)25-21-14-20(23-15-24-21)22-12-13-27-19-10-8-18(26-2)9-11-19/h3-11,14-16H,12-13H2,1-2H3,(H2,22,23,24,25). The quantitative estimate of drug-likeness (QED) is 0.556. The summed E-state index contributed by atoms with van der Waals surface area (Å²) in [4.78, 5) is 8.54. The minimum atomic E-state index is 0.160. The fourth-order valence-corrected chi connectivity index (χ4v) is 2.60. The molecule has 0 aliphatic heterocycles. The molecule has 2 aromatic carbocycles. The Labute approximate surface area is 159 Å². The molecule has 1 aromatic heterocycles. The second kappa shape index (κ2) is 9.43. The molecule has 0 saturated heterocycles. The minimum Gasteiger partial charge on any atom is -0.497 e. The van der Waals surface area contributed by atoms with Gasteiger partial charge in [0.05, 0.1) is 13.7 Å². The van der Waals surface area contributed by atoms with E-state index in [-0.39, 0.29) is 6.04 Å². The van der Waals surface area contributed by atoms with Gasteiger partial charge in [-0.2, -0.15) is 0 Å². The Balaban J connectivity index is 1.47. The van der Waals surface area contributed by atoms with E-state index < -0.39 is 0 Å². The smallest absolute Gasteiger partial charge is 0.131 e. The van der Waals surface area contributed by atoms with Gasteiger partial charge in [-0.25, -0.2) is 9.97 Å². The number of nitrogens with zero attached hydrogens (tertiary/aromatic N) is 2. The van der Waals surface area contributed by atoms with Gasteiger partial charge in [0, 0.05) is 12.1 Å². The van der Waals surface area contributed by atoms with Gasteiger partial charge < -0.3 is 20.1 Å². The van der Waals surface area contributed by atoms with Crippen molar-refractivity contribution in [3.8, 4) is 11.5 Å². The van der Waals surface area contributed by atoms with Gasteiger partial charge in [-0.1, -0.05) is 30.3 Å². The third kappa shape index (κ3) is 5.60. The summed E-state index contributed by atoms with van der Waals surface area (Å²) >= 11 is 0. The lowest BCUT2D eigenvalue weighted by atomic mass is 10.1. The number of nitrogens with one attached hydrogen (secondary N) is 2. The first-order chi connectivity index (χ1) is 13.2. The molecule has 1 unspecified atom stereocenters. The van der Waals surface area contributed by atoms with E-state index in [1.165, 1.54) is 5.56 Å². The zero-order valence-corrected chi connectivity index (χ0v) is 15.6. The summed E-state index contributed by atoms with van der Waals surface area (Å²) in [6.07, 6.45) is 1.55. The molecule has 0 radical (unpaired) electrons. The lowest BCUT2D eigenvalue weighted by molar-refractivity contribution is 0.331. The van der Waals surface area contributed by atoms with Gasteiger partial charge >= 0.3 is 0 Å². The third-order valence-corrected chi connectivity index (χ3v) is 4.07. The Bertz CT molecular complexity index is 825. The largest absolute Gasteiger partial charge is 0.497 e. The number of methoxy groups -OCH3 is 1. The van der Waals surface area contributed by atoms with Crippen LogP contribution in [-0.2, 0) is 0 Å². The van der Waals surface area contributed by atoms with Gasteiger partial charge in [0.25, 0.3) is 0 Å². The number of benzene rings is 2. The van der Waals surface area contributed by atoms with Crippen molar-refractivity contribution in [1.29, 1.82) is 0 Å². The predicted molar refractivity (Wildman–Crippen MR) is 107 cm³/mol. The molecule has 140 valence electrons. The number of hydrogen-bond donors (Lipinski definition) is 2. The van der Waals surface area contributed by atoms with Gasteiger partial charge in [-0.3, -0.25) is 0 Å². The Morgan fingerprint density at radius 3 is 2.37 bits per heavy atom. The van der Waals surface area contributed by atoms with Crippen LogP contribution >= 0.6 is 0 Å². The monoisotopic (exact) mass is 364 g/mol. The fourth-order valence-electron chi connectivity index (χ4n) is 2.60. The van der Waals surface area contributed by atoms with Crippen molar-refractivity contribution in [1.82, 2.24) is 9.97 Å². The van der Waals surface area contributed by atoms with E-state index in [1.54, 1.807) is 13.4 Å². The first-order valence-electron chi connectivity index (χ1n) is 8.89. The number of anilines is 2. The molecule has 1 atom stereocenters. The van der Waals surface area contributed by atoms with E-state index in [4.69, 9.17) is 9.47 Å². The van der Waals surface area contributed by atoms with Gasteiger partial charge in [0.15, 0.2) is 0 Å². The van der Waals surface area contributed by atoms with Crippen LogP contribution in [0.2, 0.25) is 0 Å². The second-order valence-corrected chi connectivity index (χ2v) is 6.02. The lowest BCUT2D eigenvalue weighted by Crippen LogP contribution is -2.13. The van der Waals surface area contributed by atoms with Gasteiger partial charge in [0.2, 0.25) is 0 Å². The van der Waals surface area contributed by atoms with Crippen LogP contribution in [0.3, 0.4) is 0 Å². The van der Waals surface area contributed by atoms with Crippen molar-refractivity contribution < 1.29 is 9.47 Å². The highest BCUT2D eigenvalue weighted by molar-refractivity contribution is 5.47. The average Bonchev–Trinajstić information content (AvgIpc) is 2.72. The van der Waals surface area contributed by atoms with Crippen LogP contribution in [0.15, 0.2) is 67.0 Å². The van der Waals surface area contributed by atoms with Crippen molar-refractivity contribution in [3.05, 3.63) is 72.6 Å². The van der Waals surface area contributed by atoms with Crippen LogP contribution in [0.25, 0.3) is 0 Å². The highest BCUT2D eigenvalue weighted by Crippen LogP contribution is 2.19. The average molecular weight is 364 g/mol. The molecule has 1 heterocycles. The SMILES string of the molecule is COc1ccc(OCCNc2cc(NC(C)c3ccccc3)ncn2)cc1. The minimum absolute atomic E-state index is 0.160. The maximum absolute atomic E-state index is 5.70. The molecule has 0 saturated carbocycles. The normalized spacial score (nSPS) is 11.5. The molecule has 0 fully saturated rings. The molecule has 6 heteroatoms. The molecule has 6 nitrogen and oxygen atoms in total. The van der Waals surface area contributed by atoms with Gasteiger partial charge in [-0.05, 0) is 36.8 Å². The summed E-state index contributed by atoms with van der Waals surface area (Å²) in [6.45, 7) is 3.27. The van der Waals surface area contributed by atoms with Gasteiger partial charge in [-0.15, -0.1) is 0 Å². The summed E-state index contributed by atoms with van der Waals surface area (Å²) in [5, 5.41) is 6.64. The van der Waals surface area contributed by atoms with Gasteiger partial charge in [0.1, 0.15) is 36.1 Å². The Morgan fingerprint density at radius 2 is 1.63 bits per heavy atom. The molecule has 0 amide bonds. The maximum Gasteiger partial charge on any atom is 0.131 e. The Kier molecular flexibility index (Phi) is 6.46. The second-order valence-electron chi connectivity index (χ2n) is 6.02. The van der Waals surface area contributed by atoms with E-state index in [9.17, 15) is 0 Å². The van der Waals surface area contributed by atoms with E-state index in [1.807, 2.05) is 48.5 Å². The van der Waals surface area contributed by atoms with Crippen molar-refractivity contribution in [2.24, 2.45) is 0 Å². The molecule has 2 N–H and O–H groups in total. The first kappa shape index (κ1) is 18.5. The molecule has 3 aromatic rings. The van der Waals surface area contributed by atoms with Crippen LogP contribution in [0.1, 0.15) is 18.5 Å². The number of aromatic nitrogens is 2. The zero-order valence-electron chi connectivity index (χ0n) is 15.6. The summed E-state index contributed by atoms with van der Waals surface area (Å²) < 4.78 is 10.8. The van der Waals surface area contributed by atoms with E-state index in [0.717, 1.165) is 23.1 Å². The topological polar surface area (TPSA) is 68.3 Å². The lowest BCUT2D eigenvalue weighted by Gasteiger charge is -2.15. The van der Waals surface area contributed by atoms with E-state index in [0.29, 0.717) is 13.2 Å². The molecular weight excluding hydrogens is 340 g/mol. The molecule has 0 aliphatic carbocycles. The van der Waals surface area contributed by atoms with Crippen LogP contribution < -0.4 is 20.1 Å². The predicted octanol–water partition coefficient (Wildman–Crippen LogP) is 4.15. The van der Waals surface area contributed by atoms with E-state index >= 15 is 0 Å². The number of rotatable bonds is 9. The summed E-state index contributed by atoms with van der Waals surface area (Å²) in [6, 6.07) is 19.8. The first-order valence-corrected chi connectivity index (χ1v) is 8.89. The van der Waals surface area contributed by atoms with Crippen LogP contribution in [-0.4, -0.2) is 30.2 Å².